The summed E-state index contributed by atoms with van der Waals surface area (Å²) < 4.78 is 37.3. The van der Waals surface area contributed by atoms with Crippen LogP contribution in [-0.4, -0.2) is 12.2 Å². The number of rotatable bonds is 3. The van der Waals surface area contributed by atoms with Crippen molar-refractivity contribution in [3.8, 4) is 0 Å². The smallest absolute Gasteiger partial charge is 0.320 e. The molecule has 1 unspecified atom stereocenters. The maximum absolute atomic E-state index is 12.1. The van der Waals surface area contributed by atoms with Crippen LogP contribution in [0.1, 0.15) is 12.0 Å². The quantitative estimate of drug-likeness (QED) is 0.848. The molecule has 5 heteroatoms. The molecule has 1 nitrogen and oxygen atoms in total. The van der Waals surface area contributed by atoms with E-state index >= 15 is 0 Å². The fourth-order valence-electron chi connectivity index (χ4n) is 1.18. The van der Waals surface area contributed by atoms with Crippen LogP contribution in [0.25, 0.3) is 0 Å². The number of hydrogen-bond acceptors (Lipinski definition) is 1. The molecule has 1 atom stereocenters. The van der Waals surface area contributed by atoms with Crippen molar-refractivity contribution in [3.05, 3.63) is 33.4 Å². The van der Waals surface area contributed by atoms with Gasteiger partial charge in [0.2, 0.25) is 0 Å². The fourth-order valence-corrected chi connectivity index (χ4v) is 1.79. The number of halogens is 4. The van der Waals surface area contributed by atoms with Crippen LogP contribution in [0.5, 0.6) is 0 Å². The van der Waals surface area contributed by atoms with Crippen molar-refractivity contribution >= 4 is 22.6 Å². The first-order chi connectivity index (χ1) is 6.89. The van der Waals surface area contributed by atoms with Crippen molar-refractivity contribution in [1.82, 2.24) is 0 Å². The summed E-state index contributed by atoms with van der Waals surface area (Å²) >= 11 is 2.13. The second kappa shape index (κ2) is 5.16. The van der Waals surface area contributed by atoms with Gasteiger partial charge in [-0.1, -0.05) is 12.1 Å². The Hall–Kier alpha value is -0.300. The van der Waals surface area contributed by atoms with Crippen LogP contribution in [0.15, 0.2) is 24.3 Å². The molecule has 0 radical (unpaired) electrons. The number of benzene rings is 1. The molecule has 0 aliphatic carbocycles. The van der Waals surface area contributed by atoms with Crippen molar-refractivity contribution < 1.29 is 13.2 Å². The number of aryl methyl sites for hydroxylation is 1. The number of hydrogen-bond donors (Lipinski definition) is 1. The summed E-state index contributed by atoms with van der Waals surface area (Å²) in [5.41, 5.74) is 5.90. The maximum Gasteiger partial charge on any atom is 0.403 e. The number of alkyl halides is 3. The standard InChI is InChI=1S/C10H11F3IN/c11-10(12,13)9(15)5-4-7-2-1-3-8(14)6-7/h1-3,6,9H,4-5,15H2. The summed E-state index contributed by atoms with van der Waals surface area (Å²) in [6.07, 6.45) is -4.00. The van der Waals surface area contributed by atoms with Gasteiger partial charge in [0, 0.05) is 3.57 Å². The monoisotopic (exact) mass is 329 g/mol. The van der Waals surface area contributed by atoms with Gasteiger partial charge in [0.05, 0.1) is 0 Å². The van der Waals surface area contributed by atoms with Gasteiger partial charge in [-0.15, -0.1) is 0 Å². The third-order valence-electron chi connectivity index (χ3n) is 2.05. The molecule has 15 heavy (non-hydrogen) atoms. The summed E-state index contributed by atoms with van der Waals surface area (Å²) in [7, 11) is 0. The van der Waals surface area contributed by atoms with Crippen LogP contribution in [0, 0.1) is 3.57 Å². The van der Waals surface area contributed by atoms with Crippen molar-refractivity contribution in [1.29, 1.82) is 0 Å². The maximum atomic E-state index is 12.1. The second-order valence-corrected chi connectivity index (χ2v) is 4.56. The van der Waals surface area contributed by atoms with E-state index in [1.54, 1.807) is 0 Å². The highest BCUT2D eigenvalue weighted by Gasteiger charge is 2.35. The van der Waals surface area contributed by atoms with Crippen LogP contribution in [0.4, 0.5) is 13.2 Å². The summed E-state index contributed by atoms with van der Waals surface area (Å²) in [6.45, 7) is 0. The third-order valence-corrected chi connectivity index (χ3v) is 2.72. The van der Waals surface area contributed by atoms with E-state index in [4.69, 9.17) is 5.73 Å². The Kier molecular flexibility index (Phi) is 4.39. The molecule has 1 aromatic rings. The average Bonchev–Trinajstić information content (AvgIpc) is 2.12. The molecule has 0 heterocycles. The van der Waals surface area contributed by atoms with Crippen LogP contribution in [-0.2, 0) is 6.42 Å². The molecule has 0 fully saturated rings. The van der Waals surface area contributed by atoms with Crippen LogP contribution < -0.4 is 5.73 Å². The van der Waals surface area contributed by atoms with Gasteiger partial charge < -0.3 is 5.73 Å². The van der Waals surface area contributed by atoms with Gasteiger partial charge in [-0.05, 0) is 53.1 Å². The van der Waals surface area contributed by atoms with Crippen molar-refractivity contribution in [3.63, 3.8) is 0 Å². The lowest BCUT2D eigenvalue weighted by molar-refractivity contribution is -0.148. The molecule has 0 bridgehead atoms. The molecule has 84 valence electrons. The Labute approximate surface area is 100.0 Å². The average molecular weight is 329 g/mol. The van der Waals surface area contributed by atoms with Crippen LogP contribution in [0.2, 0.25) is 0 Å². The lowest BCUT2D eigenvalue weighted by Gasteiger charge is -2.15. The fraction of sp³-hybridized carbons (Fsp3) is 0.400. The lowest BCUT2D eigenvalue weighted by atomic mass is 10.1. The summed E-state index contributed by atoms with van der Waals surface area (Å²) in [5.74, 6) is 0. The van der Waals surface area contributed by atoms with Gasteiger partial charge in [0.25, 0.3) is 0 Å². The van der Waals surface area contributed by atoms with E-state index in [2.05, 4.69) is 22.6 Å². The Morgan fingerprint density at radius 1 is 1.33 bits per heavy atom. The minimum absolute atomic E-state index is 0.0659. The molecule has 0 amide bonds. The highest BCUT2D eigenvalue weighted by molar-refractivity contribution is 14.1. The number of nitrogens with two attached hydrogens (primary N) is 1. The molecule has 0 aliphatic rings. The minimum Gasteiger partial charge on any atom is -0.320 e. The first-order valence-electron chi connectivity index (χ1n) is 4.46. The van der Waals surface area contributed by atoms with E-state index in [-0.39, 0.29) is 6.42 Å². The summed E-state index contributed by atoms with van der Waals surface area (Å²) in [4.78, 5) is 0. The third kappa shape index (κ3) is 4.38. The summed E-state index contributed by atoms with van der Waals surface area (Å²) in [5, 5.41) is 0. The van der Waals surface area contributed by atoms with Gasteiger partial charge in [-0.3, -0.25) is 0 Å². The van der Waals surface area contributed by atoms with Gasteiger partial charge in [0.1, 0.15) is 6.04 Å². The largest absolute Gasteiger partial charge is 0.403 e. The van der Waals surface area contributed by atoms with Crippen LogP contribution in [0.3, 0.4) is 0 Å². The second-order valence-electron chi connectivity index (χ2n) is 3.32. The van der Waals surface area contributed by atoms with Crippen LogP contribution >= 0.6 is 22.6 Å². The van der Waals surface area contributed by atoms with Crippen molar-refractivity contribution in [2.24, 2.45) is 5.73 Å². The van der Waals surface area contributed by atoms with E-state index in [0.717, 1.165) is 9.13 Å². The summed E-state index contributed by atoms with van der Waals surface area (Å²) in [6, 6.07) is 5.68. The molecule has 0 spiro atoms. The van der Waals surface area contributed by atoms with Gasteiger partial charge >= 0.3 is 6.18 Å². The normalized spacial score (nSPS) is 13.9. The lowest BCUT2D eigenvalue weighted by Crippen LogP contribution is -2.37. The first kappa shape index (κ1) is 12.8. The topological polar surface area (TPSA) is 26.0 Å². The molecule has 0 saturated carbocycles. The van der Waals surface area contributed by atoms with E-state index < -0.39 is 12.2 Å². The van der Waals surface area contributed by atoms with E-state index in [0.29, 0.717) is 6.42 Å². The minimum atomic E-state index is -4.29. The molecule has 0 aromatic heterocycles. The molecular weight excluding hydrogens is 318 g/mol. The van der Waals surface area contributed by atoms with Gasteiger partial charge in [0.15, 0.2) is 0 Å². The van der Waals surface area contributed by atoms with Crippen molar-refractivity contribution in [2.45, 2.75) is 25.1 Å². The molecule has 0 aliphatic heterocycles. The zero-order valence-corrected chi connectivity index (χ0v) is 10.0. The Balaban J connectivity index is 2.51. The Morgan fingerprint density at radius 3 is 2.53 bits per heavy atom. The van der Waals surface area contributed by atoms with Gasteiger partial charge in [-0.25, -0.2) is 0 Å². The van der Waals surface area contributed by atoms with Crippen molar-refractivity contribution in [2.75, 3.05) is 0 Å². The molecule has 1 aromatic carbocycles. The first-order valence-corrected chi connectivity index (χ1v) is 5.54. The zero-order chi connectivity index (χ0) is 11.5. The molecule has 2 N–H and O–H groups in total. The molecule has 1 rings (SSSR count). The van der Waals surface area contributed by atoms with Gasteiger partial charge in [-0.2, -0.15) is 13.2 Å². The van der Waals surface area contributed by atoms with E-state index in [9.17, 15) is 13.2 Å². The highest BCUT2D eigenvalue weighted by Crippen LogP contribution is 2.22. The Morgan fingerprint density at radius 2 is 2.00 bits per heavy atom. The zero-order valence-electron chi connectivity index (χ0n) is 7.89. The highest BCUT2D eigenvalue weighted by atomic mass is 127. The Bertz CT molecular complexity index is 325. The van der Waals surface area contributed by atoms with E-state index in [1.165, 1.54) is 0 Å². The van der Waals surface area contributed by atoms with E-state index in [1.807, 2.05) is 24.3 Å². The molecular formula is C10H11F3IN. The SMILES string of the molecule is NC(CCc1cccc(I)c1)C(F)(F)F. The molecule has 0 saturated heterocycles. The predicted molar refractivity (Wildman–Crippen MR) is 61.5 cm³/mol. The predicted octanol–water partition coefficient (Wildman–Crippen LogP) is 3.11.